The van der Waals surface area contributed by atoms with Crippen molar-refractivity contribution in [2.75, 3.05) is 14.2 Å². The fourth-order valence-corrected chi connectivity index (χ4v) is 2.48. The van der Waals surface area contributed by atoms with Gasteiger partial charge in [0.25, 0.3) is 0 Å². The van der Waals surface area contributed by atoms with E-state index in [2.05, 4.69) is 0 Å². The number of carbonyl (C=O) groups excluding carboxylic acids is 1. The Labute approximate surface area is 126 Å². The van der Waals surface area contributed by atoms with Crippen molar-refractivity contribution in [1.29, 1.82) is 0 Å². The molecule has 1 aliphatic heterocycles. The van der Waals surface area contributed by atoms with E-state index in [1.54, 1.807) is 19.1 Å². The van der Waals surface area contributed by atoms with E-state index in [0.29, 0.717) is 28.4 Å². The van der Waals surface area contributed by atoms with Gasteiger partial charge in [-0.15, -0.1) is 0 Å². The standard InChI is InChI=1S/C16H14O6/c1-8-4-12(17)11(7-21-8)15-14-10(16(18)22-15)5-9(19-2)6-13(14)20-3/h4-7,15H,1-3H3/t15-/m0/s1. The third-order valence-electron chi connectivity index (χ3n) is 3.55. The summed E-state index contributed by atoms with van der Waals surface area (Å²) < 4.78 is 21.1. The average molecular weight is 302 g/mol. The van der Waals surface area contributed by atoms with Gasteiger partial charge >= 0.3 is 5.97 Å². The Bertz CT molecular complexity index is 805. The van der Waals surface area contributed by atoms with Crippen molar-refractivity contribution in [1.82, 2.24) is 0 Å². The van der Waals surface area contributed by atoms with Crippen LogP contribution in [0.2, 0.25) is 0 Å². The third kappa shape index (κ3) is 2.13. The molecule has 2 heterocycles. The minimum Gasteiger partial charge on any atom is -0.497 e. The van der Waals surface area contributed by atoms with Gasteiger partial charge in [-0.3, -0.25) is 4.79 Å². The number of cyclic esters (lactones) is 1. The maximum atomic E-state index is 12.1. The van der Waals surface area contributed by atoms with Crippen LogP contribution < -0.4 is 14.9 Å². The van der Waals surface area contributed by atoms with Crippen LogP contribution >= 0.6 is 0 Å². The van der Waals surface area contributed by atoms with Crippen LogP contribution in [0.3, 0.4) is 0 Å². The molecule has 6 nitrogen and oxygen atoms in total. The first-order valence-electron chi connectivity index (χ1n) is 6.61. The van der Waals surface area contributed by atoms with Crippen LogP contribution in [0.25, 0.3) is 0 Å². The molecule has 2 aromatic rings. The Kier molecular flexibility index (Phi) is 3.36. The van der Waals surface area contributed by atoms with E-state index in [-0.39, 0.29) is 11.0 Å². The molecule has 0 saturated heterocycles. The van der Waals surface area contributed by atoms with Gasteiger partial charge in [0.1, 0.15) is 23.5 Å². The van der Waals surface area contributed by atoms with Gasteiger partial charge in [-0.05, 0) is 13.0 Å². The second-order valence-electron chi connectivity index (χ2n) is 4.89. The molecular formula is C16H14O6. The van der Waals surface area contributed by atoms with Crippen molar-refractivity contribution < 1.29 is 23.4 Å². The van der Waals surface area contributed by atoms with Crippen LogP contribution in [-0.2, 0) is 4.74 Å². The molecule has 1 aliphatic rings. The first-order chi connectivity index (χ1) is 10.5. The summed E-state index contributed by atoms with van der Waals surface area (Å²) in [6.45, 7) is 1.67. The molecule has 6 heteroatoms. The maximum absolute atomic E-state index is 12.1. The highest BCUT2D eigenvalue weighted by molar-refractivity contribution is 5.96. The first kappa shape index (κ1) is 14.2. The highest BCUT2D eigenvalue weighted by Gasteiger charge is 2.37. The summed E-state index contributed by atoms with van der Waals surface area (Å²) in [7, 11) is 2.97. The van der Waals surface area contributed by atoms with E-state index < -0.39 is 12.1 Å². The summed E-state index contributed by atoms with van der Waals surface area (Å²) in [5.74, 6) is 0.853. The van der Waals surface area contributed by atoms with Crippen LogP contribution in [0.5, 0.6) is 11.5 Å². The summed E-state index contributed by atoms with van der Waals surface area (Å²) in [4.78, 5) is 24.2. The molecule has 0 saturated carbocycles. The van der Waals surface area contributed by atoms with E-state index in [4.69, 9.17) is 18.6 Å². The Morgan fingerprint density at radius 2 is 1.86 bits per heavy atom. The predicted octanol–water partition coefficient (Wildman–Crippen LogP) is 2.23. The Morgan fingerprint density at radius 1 is 1.09 bits per heavy atom. The molecular weight excluding hydrogens is 288 g/mol. The molecule has 1 aromatic carbocycles. The molecule has 0 amide bonds. The largest absolute Gasteiger partial charge is 0.497 e. The van der Waals surface area contributed by atoms with Gasteiger partial charge in [0.05, 0.1) is 30.9 Å². The second-order valence-corrected chi connectivity index (χ2v) is 4.89. The molecule has 0 N–H and O–H groups in total. The highest BCUT2D eigenvalue weighted by atomic mass is 16.6. The summed E-state index contributed by atoms with van der Waals surface area (Å²) >= 11 is 0. The van der Waals surface area contributed by atoms with Gasteiger partial charge in [-0.2, -0.15) is 0 Å². The average Bonchev–Trinajstić information content (AvgIpc) is 2.83. The Morgan fingerprint density at radius 3 is 2.50 bits per heavy atom. The van der Waals surface area contributed by atoms with Crippen LogP contribution in [-0.4, -0.2) is 20.2 Å². The van der Waals surface area contributed by atoms with Crippen molar-refractivity contribution in [3.63, 3.8) is 0 Å². The van der Waals surface area contributed by atoms with Gasteiger partial charge in [0.2, 0.25) is 0 Å². The number of hydrogen-bond donors (Lipinski definition) is 0. The molecule has 22 heavy (non-hydrogen) atoms. The second kappa shape index (κ2) is 5.22. The SMILES string of the molecule is COc1cc(OC)c2c(c1)C(=O)O[C@H]2c1coc(C)cc1=O. The maximum Gasteiger partial charge on any atom is 0.339 e. The number of benzene rings is 1. The molecule has 0 aliphatic carbocycles. The van der Waals surface area contributed by atoms with Gasteiger partial charge < -0.3 is 18.6 Å². The first-order valence-corrected chi connectivity index (χ1v) is 6.61. The molecule has 0 spiro atoms. The quantitative estimate of drug-likeness (QED) is 0.809. The van der Waals surface area contributed by atoms with Crippen LogP contribution in [0.1, 0.15) is 33.3 Å². The highest BCUT2D eigenvalue weighted by Crippen LogP contribution is 2.42. The van der Waals surface area contributed by atoms with Crippen molar-refractivity contribution in [2.24, 2.45) is 0 Å². The fourth-order valence-electron chi connectivity index (χ4n) is 2.48. The molecule has 1 atom stereocenters. The number of fused-ring (bicyclic) bond motifs is 1. The molecule has 3 rings (SSSR count). The number of aryl methyl sites for hydroxylation is 1. The summed E-state index contributed by atoms with van der Waals surface area (Å²) in [6, 6.07) is 4.57. The normalized spacial score (nSPS) is 16.1. The van der Waals surface area contributed by atoms with Crippen LogP contribution in [0.15, 0.2) is 33.7 Å². The van der Waals surface area contributed by atoms with Crippen LogP contribution in [0, 0.1) is 6.92 Å². The van der Waals surface area contributed by atoms with Crippen LogP contribution in [0.4, 0.5) is 0 Å². The number of carbonyl (C=O) groups is 1. The zero-order valence-corrected chi connectivity index (χ0v) is 12.3. The lowest BCUT2D eigenvalue weighted by Crippen LogP contribution is -2.14. The van der Waals surface area contributed by atoms with Gasteiger partial charge in [0, 0.05) is 12.1 Å². The molecule has 0 bridgehead atoms. The molecule has 1 aromatic heterocycles. The Hall–Kier alpha value is -2.76. The number of hydrogen-bond acceptors (Lipinski definition) is 6. The topological polar surface area (TPSA) is 75.0 Å². The zero-order valence-electron chi connectivity index (χ0n) is 12.3. The molecule has 0 fully saturated rings. The Balaban J connectivity index is 2.20. The molecule has 0 unspecified atom stereocenters. The number of ether oxygens (including phenoxy) is 3. The minimum absolute atomic E-state index is 0.251. The van der Waals surface area contributed by atoms with E-state index in [1.165, 1.54) is 26.5 Å². The lowest BCUT2D eigenvalue weighted by atomic mass is 9.98. The van der Waals surface area contributed by atoms with Crippen molar-refractivity contribution in [3.8, 4) is 11.5 Å². The van der Waals surface area contributed by atoms with Crippen molar-refractivity contribution >= 4 is 5.97 Å². The minimum atomic E-state index is -0.847. The zero-order chi connectivity index (χ0) is 15.9. The third-order valence-corrected chi connectivity index (χ3v) is 3.55. The number of methoxy groups -OCH3 is 2. The van der Waals surface area contributed by atoms with E-state index in [0.717, 1.165) is 0 Å². The van der Waals surface area contributed by atoms with Gasteiger partial charge in [-0.1, -0.05) is 0 Å². The smallest absolute Gasteiger partial charge is 0.339 e. The van der Waals surface area contributed by atoms with Crippen molar-refractivity contribution in [2.45, 2.75) is 13.0 Å². The predicted molar refractivity (Wildman–Crippen MR) is 76.5 cm³/mol. The fraction of sp³-hybridized carbons (Fsp3) is 0.250. The summed E-state index contributed by atoms with van der Waals surface area (Å²) in [5.41, 5.74) is 0.819. The van der Waals surface area contributed by atoms with E-state index in [1.807, 2.05) is 0 Å². The number of esters is 1. The van der Waals surface area contributed by atoms with E-state index in [9.17, 15) is 9.59 Å². The van der Waals surface area contributed by atoms with E-state index >= 15 is 0 Å². The van der Waals surface area contributed by atoms with Gasteiger partial charge in [0.15, 0.2) is 11.5 Å². The summed E-state index contributed by atoms with van der Waals surface area (Å²) in [5, 5.41) is 0. The lowest BCUT2D eigenvalue weighted by molar-refractivity contribution is 0.0450. The lowest BCUT2D eigenvalue weighted by Gasteiger charge is -2.13. The molecule has 114 valence electrons. The van der Waals surface area contributed by atoms with Crippen molar-refractivity contribution in [3.05, 3.63) is 57.1 Å². The molecule has 0 radical (unpaired) electrons. The van der Waals surface area contributed by atoms with Gasteiger partial charge in [-0.25, -0.2) is 4.79 Å². The summed E-state index contributed by atoms with van der Waals surface area (Å²) in [6.07, 6.45) is 0.467. The number of rotatable bonds is 3. The monoisotopic (exact) mass is 302 g/mol.